The summed E-state index contributed by atoms with van der Waals surface area (Å²) >= 11 is 0. The van der Waals surface area contributed by atoms with Gasteiger partial charge in [-0.3, -0.25) is 9.59 Å². The molecule has 7 nitrogen and oxygen atoms in total. The Balaban J connectivity index is 2.24. The molecule has 1 rings (SSSR count). The van der Waals surface area contributed by atoms with E-state index in [2.05, 4.69) is 5.32 Å². The second-order valence-corrected chi connectivity index (χ2v) is 7.51. The topological polar surface area (TPSA) is 127 Å². The van der Waals surface area contributed by atoms with Crippen molar-refractivity contribution in [1.82, 2.24) is 5.32 Å². The van der Waals surface area contributed by atoms with E-state index in [9.17, 15) is 18.0 Å². The third kappa shape index (κ3) is 5.87. The fourth-order valence-corrected chi connectivity index (χ4v) is 3.65. The molecule has 0 radical (unpaired) electrons. The fourth-order valence-electron chi connectivity index (χ4n) is 2.48. The summed E-state index contributed by atoms with van der Waals surface area (Å²) in [6, 6.07) is 0. The van der Waals surface area contributed by atoms with Crippen molar-refractivity contribution in [2.45, 2.75) is 25.7 Å². The molecule has 4 N–H and O–H groups in total. The maximum atomic E-state index is 11.6. The molecule has 0 bridgehead atoms. The van der Waals surface area contributed by atoms with E-state index in [0.29, 0.717) is 13.0 Å². The first-order valence-corrected chi connectivity index (χ1v) is 8.56. The van der Waals surface area contributed by atoms with Gasteiger partial charge in [-0.25, -0.2) is 8.42 Å². The number of rotatable bonds is 9. The first kappa shape index (κ1) is 16.9. The van der Waals surface area contributed by atoms with E-state index in [0.717, 1.165) is 12.8 Å². The van der Waals surface area contributed by atoms with E-state index in [1.54, 1.807) is 0 Å². The third-order valence-electron chi connectivity index (χ3n) is 3.63. The van der Waals surface area contributed by atoms with Crippen LogP contribution in [0.25, 0.3) is 0 Å². The highest BCUT2D eigenvalue weighted by molar-refractivity contribution is 7.91. The van der Waals surface area contributed by atoms with Crippen LogP contribution in [0.2, 0.25) is 0 Å². The fraction of sp³-hybridized carbons (Fsp3) is 0.833. The van der Waals surface area contributed by atoms with Gasteiger partial charge in [0.2, 0.25) is 5.91 Å². The third-order valence-corrected chi connectivity index (χ3v) is 5.28. The normalized spacial score (nSPS) is 22.8. The van der Waals surface area contributed by atoms with E-state index in [-0.39, 0.29) is 36.3 Å². The van der Waals surface area contributed by atoms with Gasteiger partial charge in [0.05, 0.1) is 17.4 Å². The quantitative estimate of drug-likeness (QED) is 0.487. The lowest BCUT2D eigenvalue weighted by atomic mass is 9.96. The molecule has 2 unspecified atom stereocenters. The number of carbonyl (C=O) groups excluding carboxylic acids is 1. The molecule has 116 valence electrons. The highest BCUT2D eigenvalue weighted by Gasteiger charge is 2.32. The van der Waals surface area contributed by atoms with Gasteiger partial charge in [-0.2, -0.15) is 0 Å². The number of amides is 1. The van der Waals surface area contributed by atoms with Crippen molar-refractivity contribution in [3.63, 3.8) is 0 Å². The van der Waals surface area contributed by atoms with Gasteiger partial charge in [0.25, 0.3) is 0 Å². The monoisotopic (exact) mass is 306 g/mol. The molecule has 1 fully saturated rings. The van der Waals surface area contributed by atoms with Gasteiger partial charge < -0.3 is 16.2 Å². The van der Waals surface area contributed by atoms with Gasteiger partial charge >= 0.3 is 5.97 Å². The second kappa shape index (κ2) is 7.58. The SMILES string of the molecule is NC(=O)CCS(=O)(=O)CCNCC1CCCC1C(=O)O. The van der Waals surface area contributed by atoms with Gasteiger partial charge in [-0.05, 0) is 25.3 Å². The van der Waals surface area contributed by atoms with Gasteiger partial charge in [0.15, 0.2) is 9.84 Å². The Kier molecular flexibility index (Phi) is 6.41. The molecule has 0 saturated heterocycles. The molecule has 1 aliphatic carbocycles. The van der Waals surface area contributed by atoms with E-state index in [1.807, 2.05) is 0 Å². The maximum absolute atomic E-state index is 11.6. The predicted molar refractivity (Wildman–Crippen MR) is 73.8 cm³/mol. The summed E-state index contributed by atoms with van der Waals surface area (Å²) < 4.78 is 23.1. The van der Waals surface area contributed by atoms with E-state index in [4.69, 9.17) is 10.8 Å². The first-order chi connectivity index (χ1) is 9.32. The van der Waals surface area contributed by atoms with Crippen LogP contribution < -0.4 is 11.1 Å². The Morgan fingerprint density at radius 2 is 1.95 bits per heavy atom. The highest BCUT2D eigenvalue weighted by atomic mass is 32.2. The number of nitrogens with two attached hydrogens (primary N) is 1. The molecule has 0 spiro atoms. The Bertz CT molecular complexity index is 449. The lowest BCUT2D eigenvalue weighted by Gasteiger charge is -2.16. The number of hydrogen-bond acceptors (Lipinski definition) is 5. The Hall–Kier alpha value is -1.15. The molecule has 1 aliphatic rings. The Labute approximate surface area is 118 Å². The van der Waals surface area contributed by atoms with Crippen LogP contribution in [0.4, 0.5) is 0 Å². The molecule has 1 amide bonds. The van der Waals surface area contributed by atoms with E-state index >= 15 is 0 Å². The summed E-state index contributed by atoms with van der Waals surface area (Å²) in [5.74, 6) is -1.95. The highest BCUT2D eigenvalue weighted by Crippen LogP contribution is 2.31. The van der Waals surface area contributed by atoms with Crippen molar-refractivity contribution in [3.05, 3.63) is 0 Å². The summed E-state index contributed by atoms with van der Waals surface area (Å²) in [6.07, 6.45) is 2.29. The van der Waals surface area contributed by atoms with Crippen LogP contribution >= 0.6 is 0 Å². The van der Waals surface area contributed by atoms with Crippen molar-refractivity contribution in [3.8, 4) is 0 Å². The van der Waals surface area contributed by atoms with Crippen molar-refractivity contribution in [2.75, 3.05) is 24.6 Å². The lowest BCUT2D eigenvalue weighted by molar-refractivity contribution is -0.142. The zero-order valence-corrected chi connectivity index (χ0v) is 12.2. The molecule has 0 aromatic carbocycles. The van der Waals surface area contributed by atoms with Crippen LogP contribution in [0.5, 0.6) is 0 Å². The van der Waals surface area contributed by atoms with Gasteiger partial charge in [-0.15, -0.1) is 0 Å². The number of carboxylic acids is 1. The van der Waals surface area contributed by atoms with Gasteiger partial charge in [0, 0.05) is 13.0 Å². The molecular formula is C12H22N2O5S. The lowest BCUT2D eigenvalue weighted by Crippen LogP contribution is -2.32. The molecular weight excluding hydrogens is 284 g/mol. The van der Waals surface area contributed by atoms with Crippen LogP contribution in [0.1, 0.15) is 25.7 Å². The summed E-state index contributed by atoms with van der Waals surface area (Å²) in [6.45, 7) is 0.784. The molecule has 0 aromatic rings. The van der Waals surface area contributed by atoms with Gasteiger partial charge in [0.1, 0.15) is 0 Å². The summed E-state index contributed by atoms with van der Waals surface area (Å²) in [5, 5.41) is 12.0. The number of hydrogen-bond donors (Lipinski definition) is 3. The average molecular weight is 306 g/mol. The minimum atomic E-state index is -3.28. The van der Waals surface area contributed by atoms with Crippen molar-refractivity contribution in [1.29, 1.82) is 0 Å². The van der Waals surface area contributed by atoms with Crippen LogP contribution in [-0.4, -0.2) is 50.0 Å². The first-order valence-electron chi connectivity index (χ1n) is 6.74. The molecule has 8 heteroatoms. The molecule has 0 aliphatic heterocycles. The summed E-state index contributed by atoms with van der Waals surface area (Å²) in [7, 11) is -3.28. The molecule has 20 heavy (non-hydrogen) atoms. The Morgan fingerprint density at radius 3 is 2.55 bits per heavy atom. The number of carboxylic acid groups (broad SMARTS) is 1. The minimum absolute atomic E-state index is 0.0647. The number of aliphatic carboxylic acids is 1. The van der Waals surface area contributed by atoms with Crippen LogP contribution in [-0.2, 0) is 19.4 Å². The Morgan fingerprint density at radius 1 is 1.25 bits per heavy atom. The smallest absolute Gasteiger partial charge is 0.306 e. The largest absolute Gasteiger partial charge is 0.481 e. The summed E-state index contributed by atoms with van der Waals surface area (Å²) in [4.78, 5) is 21.5. The van der Waals surface area contributed by atoms with Crippen molar-refractivity contribution in [2.24, 2.45) is 17.6 Å². The number of primary amides is 1. The van der Waals surface area contributed by atoms with Crippen LogP contribution in [0.15, 0.2) is 0 Å². The molecule has 1 saturated carbocycles. The van der Waals surface area contributed by atoms with Crippen LogP contribution in [0.3, 0.4) is 0 Å². The van der Waals surface area contributed by atoms with Crippen LogP contribution in [0, 0.1) is 11.8 Å². The molecule has 0 heterocycles. The number of nitrogens with one attached hydrogen (secondary N) is 1. The zero-order valence-electron chi connectivity index (χ0n) is 11.4. The average Bonchev–Trinajstić information content (AvgIpc) is 2.81. The summed E-state index contributed by atoms with van der Waals surface area (Å²) in [5.41, 5.74) is 4.91. The second-order valence-electron chi connectivity index (χ2n) is 5.21. The van der Waals surface area contributed by atoms with Gasteiger partial charge in [-0.1, -0.05) is 6.42 Å². The zero-order chi connectivity index (χ0) is 15.2. The maximum Gasteiger partial charge on any atom is 0.306 e. The number of sulfone groups is 1. The van der Waals surface area contributed by atoms with Crippen molar-refractivity contribution < 1.29 is 23.1 Å². The molecule has 2 atom stereocenters. The predicted octanol–water partition coefficient (Wildman–Crippen LogP) is -0.633. The van der Waals surface area contributed by atoms with E-state index < -0.39 is 21.7 Å². The van der Waals surface area contributed by atoms with Crippen molar-refractivity contribution >= 4 is 21.7 Å². The van der Waals surface area contributed by atoms with E-state index in [1.165, 1.54) is 0 Å². The molecule has 0 aromatic heterocycles. The number of carbonyl (C=O) groups is 2. The standard InChI is InChI=1S/C12H22N2O5S/c13-11(15)4-6-20(18,19)7-5-14-8-9-2-1-3-10(9)12(16)17/h9-10,14H,1-8H2,(H2,13,15)(H,16,17). The minimum Gasteiger partial charge on any atom is -0.481 e.